The van der Waals surface area contributed by atoms with Gasteiger partial charge in [-0.15, -0.1) is 0 Å². The summed E-state index contributed by atoms with van der Waals surface area (Å²) in [5.41, 5.74) is 0. The standard InChI is InChI=1S/C8H15FO3/c1-3-4-5-6-11-7(2)8(10)12-9/h7H,3-6H2,1-2H3. The van der Waals surface area contributed by atoms with Crippen LogP contribution in [0, 0.1) is 0 Å². The number of hydrogen-bond acceptors (Lipinski definition) is 3. The zero-order valence-corrected chi connectivity index (χ0v) is 7.51. The third-order valence-electron chi connectivity index (χ3n) is 1.52. The van der Waals surface area contributed by atoms with E-state index in [2.05, 4.69) is 11.9 Å². The SMILES string of the molecule is CCCCCOC(C)C(=O)OF. The van der Waals surface area contributed by atoms with Crippen LogP contribution in [0.2, 0.25) is 0 Å². The molecule has 0 rings (SSSR count). The maximum absolute atomic E-state index is 11.3. The Morgan fingerprint density at radius 3 is 2.67 bits per heavy atom. The Morgan fingerprint density at radius 1 is 1.50 bits per heavy atom. The summed E-state index contributed by atoms with van der Waals surface area (Å²) in [6.45, 7) is 4.01. The fourth-order valence-electron chi connectivity index (χ4n) is 0.743. The first-order valence-electron chi connectivity index (χ1n) is 4.16. The lowest BCUT2D eigenvalue weighted by molar-refractivity contribution is -0.195. The minimum absolute atomic E-state index is 0.476. The van der Waals surface area contributed by atoms with E-state index in [-0.39, 0.29) is 0 Å². The molecular weight excluding hydrogens is 163 g/mol. The molecule has 0 amide bonds. The molecule has 0 N–H and O–H groups in total. The van der Waals surface area contributed by atoms with Crippen LogP contribution in [0.5, 0.6) is 0 Å². The molecule has 0 aliphatic carbocycles. The van der Waals surface area contributed by atoms with Gasteiger partial charge in [0.05, 0.1) is 0 Å². The highest BCUT2D eigenvalue weighted by Gasteiger charge is 2.14. The van der Waals surface area contributed by atoms with Crippen LogP contribution in [0.1, 0.15) is 33.1 Å². The molecule has 0 aliphatic rings. The van der Waals surface area contributed by atoms with E-state index in [0.717, 1.165) is 19.3 Å². The predicted octanol–water partition coefficient (Wildman–Crippen LogP) is 2.01. The summed E-state index contributed by atoms with van der Waals surface area (Å²) in [6.07, 6.45) is 2.23. The monoisotopic (exact) mass is 178 g/mol. The lowest BCUT2D eigenvalue weighted by atomic mass is 10.3. The van der Waals surface area contributed by atoms with Gasteiger partial charge in [0.15, 0.2) is 6.10 Å². The molecule has 0 radical (unpaired) electrons. The zero-order valence-electron chi connectivity index (χ0n) is 7.51. The molecule has 0 heterocycles. The quantitative estimate of drug-likeness (QED) is 0.583. The van der Waals surface area contributed by atoms with Gasteiger partial charge in [0.1, 0.15) is 0 Å². The molecule has 0 aliphatic heterocycles. The first kappa shape index (κ1) is 11.4. The highest BCUT2D eigenvalue weighted by molar-refractivity contribution is 5.73. The highest BCUT2D eigenvalue weighted by Crippen LogP contribution is 1.99. The second-order valence-electron chi connectivity index (χ2n) is 2.62. The van der Waals surface area contributed by atoms with Crippen molar-refractivity contribution in [3.63, 3.8) is 0 Å². The number of unbranched alkanes of at least 4 members (excludes halogenated alkanes) is 2. The van der Waals surface area contributed by atoms with Crippen molar-refractivity contribution in [2.75, 3.05) is 6.61 Å². The third kappa shape index (κ3) is 5.07. The van der Waals surface area contributed by atoms with E-state index < -0.39 is 12.1 Å². The molecule has 12 heavy (non-hydrogen) atoms. The molecule has 0 bridgehead atoms. The molecule has 0 spiro atoms. The number of rotatable bonds is 6. The maximum atomic E-state index is 11.3. The third-order valence-corrected chi connectivity index (χ3v) is 1.52. The van der Waals surface area contributed by atoms with Crippen LogP contribution in [0.3, 0.4) is 0 Å². The van der Waals surface area contributed by atoms with Gasteiger partial charge >= 0.3 is 5.97 Å². The van der Waals surface area contributed by atoms with Gasteiger partial charge in [-0.3, -0.25) is 4.94 Å². The Labute approximate surface area is 71.7 Å². The van der Waals surface area contributed by atoms with Crippen molar-refractivity contribution in [1.29, 1.82) is 0 Å². The first-order chi connectivity index (χ1) is 5.72. The van der Waals surface area contributed by atoms with Crippen LogP contribution in [0.25, 0.3) is 0 Å². The molecule has 1 atom stereocenters. The summed E-state index contributed by atoms with van der Waals surface area (Å²) < 4.78 is 16.3. The first-order valence-corrected chi connectivity index (χ1v) is 4.16. The average molecular weight is 178 g/mol. The van der Waals surface area contributed by atoms with Crippen LogP contribution < -0.4 is 0 Å². The Hall–Kier alpha value is -0.640. The number of halogens is 1. The number of ether oxygens (including phenoxy) is 1. The molecule has 0 aromatic heterocycles. The maximum Gasteiger partial charge on any atom is 0.376 e. The van der Waals surface area contributed by atoms with Gasteiger partial charge in [0.2, 0.25) is 0 Å². The van der Waals surface area contributed by atoms with E-state index in [1.165, 1.54) is 6.92 Å². The van der Waals surface area contributed by atoms with E-state index in [9.17, 15) is 9.32 Å². The van der Waals surface area contributed by atoms with Crippen LogP contribution in [-0.4, -0.2) is 18.7 Å². The van der Waals surface area contributed by atoms with Gasteiger partial charge in [-0.05, 0) is 13.3 Å². The number of carbonyl (C=O) groups excluding carboxylic acids is 1. The van der Waals surface area contributed by atoms with E-state index in [4.69, 9.17) is 4.74 Å². The van der Waals surface area contributed by atoms with Crippen molar-refractivity contribution < 1.29 is 19.0 Å². The van der Waals surface area contributed by atoms with Crippen LogP contribution in [-0.2, 0) is 14.5 Å². The normalized spacial score (nSPS) is 12.6. The minimum atomic E-state index is -0.966. The molecule has 4 heteroatoms. The smallest absolute Gasteiger partial charge is 0.367 e. The Morgan fingerprint density at radius 2 is 2.17 bits per heavy atom. The second-order valence-corrected chi connectivity index (χ2v) is 2.62. The van der Waals surface area contributed by atoms with Gasteiger partial charge in [-0.2, -0.15) is 0 Å². The van der Waals surface area contributed by atoms with Crippen LogP contribution in [0.4, 0.5) is 4.53 Å². The molecule has 0 aromatic rings. The molecule has 1 unspecified atom stereocenters. The zero-order chi connectivity index (χ0) is 9.40. The summed E-state index contributed by atoms with van der Waals surface area (Å²) in [5.74, 6) is -0.966. The fourth-order valence-corrected chi connectivity index (χ4v) is 0.743. The largest absolute Gasteiger partial charge is 0.376 e. The van der Waals surface area contributed by atoms with Crippen LogP contribution in [0.15, 0.2) is 0 Å². The van der Waals surface area contributed by atoms with Crippen molar-refractivity contribution in [3.05, 3.63) is 0 Å². The average Bonchev–Trinajstić information content (AvgIpc) is 2.10. The van der Waals surface area contributed by atoms with Crippen LogP contribution >= 0.6 is 0 Å². The van der Waals surface area contributed by atoms with E-state index >= 15 is 0 Å². The summed E-state index contributed by atoms with van der Waals surface area (Å²) in [4.78, 5) is 13.5. The van der Waals surface area contributed by atoms with Crippen molar-refractivity contribution >= 4 is 5.97 Å². The second kappa shape index (κ2) is 7.03. The van der Waals surface area contributed by atoms with Gasteiger partial charge in [-0.1, -0.05) is 19.8 Å². The summed E-state index contributed by atoms with van der Waals surface area (Å²) >= 11 is 0. The number of hydrogen-bond donors (Lipinski definition) is 0. The van der Waals surface area contributed by atoms with E-state index in [1.807, 2.05) is 0 Å². The topological polar surface area (TPSA) is 35.5 Å². The molecule has 0 fully saturated rings. The summed E-state index contributed by atoms with van der Waals surface area (Å²) in [6, 6.07) is 0. The van der Waals surface area contributed by atoms with Gasteiger partial charge in [-0.25, -0.2) is 4.79 Å². The lowest BCUT2D eigenvalue weighted by Crippen LogP contribution is -2.21. The van der Waals surface area contributed by atoms with Crippen molar-refractivity contribution in [1.82, 2.24) is 0 Å². The molecule has 0 saturated heterocycles. The van der Waals surface area contributed by atoms with Gasteiger partial charge < -0.3 is 4.74 Å². The molecule has 3 nitrogen and oxygen atoms in total. The fraction of sp³-hybridized carbons (Fsp3) is 0.875. The summed E-state index contributed by atoms with van der Waals surface area (Å²) in [5, 5.41) is 0. The highest BCUT2D eigenvalue weighted by atomic mass is 19.3. The molecule has 0 aromatic carbocycles. The summed E-state index contributed by atoms with van der Waals surface area (Å²) in [7, 11) is 0. The Balaban J connectivity index is 3.31. The van der Waals surface area contributed by atoms with Crippen molar-refractivity contribution in [3.8, 4) is 0 Å². The lowest BCUT2D eigenvalue weighted by Gasteiger charge is -2.07. The Bertz CT molecular complexity index is 127. The molecule has 72 valence electrons. The van der Waals surface area contributed by atoms with Gasteiger partial charge in [0, 0.05) is 11.1 Å². The minimum Gasteiger partial charge on any atom is -0.367 e. The Kier molecular flexibility index (Phi) is 6.66. The van der Waals surface area contributed by atoms with E-state index in [1.54, 1.807) is 0 Å². The molecule has 0 saturated carbocycles. The van der Waals surface area contributed by atoms with Crippen molar-refractivity contribution in [2.45, 2.75) is 39.2 Å². The molecular formula is C8H15FO3. The van der Waals surface area contributed by atoms with Crippen molar-refractivity contribution in [2.24, 2.45) is 0 Å². The van der Waals surface area contributed by atoms with E-state index in [0.29, 0.717) is 6.61 Å². The predicted molar refractivity (Wildman–Crippen MR) is 42.1 cm³/mol. The number of carbonyl (C=O) groups is 1. The van der Waals surface area contributed by atoms with Gasteiger partial charge in [0.25, 0.3) is 0 Å².